The third-order valence-corrected chi connectivity index (χ3v) is 6.30. The molecule has 1 heterocycles. The molecule has 0 aliphatic rings. The van der Waals surface area contributed by atoms with E-state index >= 15 is 0 Å². The van der Waals surface area contributed by atoms with Crippen LogP contribution in [0, 0.1) is 0 Å². The average Bonchev–Trinajstić information content (AvgIpc) is 3.22. The van der Waals surface area contributed by atoms with Gasteiger partial charge in [0.05, 0.1) is 5.38 Å². The molecule has 29 heavy (non-hydrogen) atoms. The van der Waals surface area contributed by atoms with Crippen molar-refractivity contribution in [2.75, 3.05) is 13.2 Å². The van der Waals surface area contributed by atoms with Gasteiger partial charge in [-0.1, -0.05) is 115 Å². The van der Waals surface area contributed by atoms with Crippen LogP contribution < -0.4 is 28.5 Å². The Morgan fingerprint density at radius 2 is 1.07 bits per heavy atom. The van der Waals surface area contributed by atoms with E-state index in [1.54, 1.807) is 11.3 Å². The van der Waals surface area contributed by atoms with Crippen molar-refractivity contribution in [2.45, 2.75) is 129 Å². The second-order valence-corrected chi connectivity index (χ2v) is 9.14. The van der Waals surface area contributed by atoms with Crippen LogP contribution in [0.15, 0.2) is 17.1 Å². The van der Waals surface area contributed by atoms with Crippen LogP contribution in [0.5, 0.6) is 0 Å². The van der Waals surface area contributed by atoms with Gasteiger partial charge in [-0.15, -0.1) is 0 Å². The Bertz CT molecular complexity index is 400. The highest BCUT2D eigenvalue weighted by Crippen LogP contribution is 2.13. The molecule has 0 amide bonds. The van der Waals surface area contributed by atoms with Crippen LogP contribution in [0.25, 0.3) is 0 Å². The summed E-state index contributed by atoms with van der Waals surface area (Å²) in [5.74, 6) is 0. The predicted octanol–water partition coefficient (Wildman–Crippen LogP) is 5.10. The van der Waals surface area contributed by atoms with Crippen LogP contribution in [0.4, 0.5) is 0 Å². The number of unbranched alkanes of at least 4 members (excludes halogenated alkanes) is 16. The van der Waals surface area contributed by atoms with Crippen LogP contribution in [-0.4, -0.2) is 13.2 Å². The summed E-state index contributed by atoms with van der Waals surface area (Å²) in [5.41, 5.74) is 2.18. The summed E-state index contributed by atoms with van der Waals surface area (Å²) in [6.45, 7) is 5.32. The first-order chi connectivity index (χ1) is 13.9. The Morgan fingerprint density at radius 3 is 1.52 bits per heavy atom. The highest BCUT2D eigenvalue weighted by Gasteiger charge is 1.99. The minimum Gasteiger partial charge on any atom is -1.00 e. The summed E-state index contributed by atoms with van der Waals surface area (Å²) < 4.78 is 8.03. The maximum absolute atomic E-state index is 5.77. The number of ether oxygens (including phenoxy) is 1. The first-order valence-corrected chi connectivity index (χ1v) is 13.4. The average molecular weight is 538 g/mol. The highest BCUT2D eigenvalue weighted by atomic mass is 127. The lowest BCUT2D eigenvalue weighted by Crippen LogP contribution is -3.00. The van der Waals surface area contributed by atoms with Gasteiger partial charge in [0, 0.05) is 19.6 Å². The van der Waals surface area contributed by atoms with E-state index in [1.165, 1.54) is 116 Å². The molecule has 0 aromatic carbocycles. The zero-order valence-electron chi connectivity index (χ0n) is 19.2. The van der Waals surface area contributed by atoms with E-state index in [0.717, 1.165) is 19.8 Å². The Kier molecular flexibility index (Phi) is 24.9. The fourth-order valence-electron chi connectivity index (χ4n) is 3.74. The number of nitrogens with zero attached hydrogens (tertiary/aromatic N) is 1. The van der Waals surface area contributed by atoms with Crippen molar-refractivity contribution in [1.29, 1.82) is 0 Å². The maximum atomic E-state index is 5.77. The Morgan fingerprint density at radius 1 is 0.621 bits per heavy atom. The van der Waals surface area contributed by atoms with Gasteiger partial charge in [0.1, 0.15) is 6.54 Å². The number of rotatable bonds is 22. The topological polar surface area (TPSA) is 13.1 Å². The van der Waals surface area contributed by atoms with Gasteiger partial charge in [-0.05, 0) is 12.8 Å². The van der Waals surface area contributed by atoms with Crippen LogP contribution >= 0.6 is 11.3 Å². The molecule has 1 aromatic rings. The van der Waals surface area contributed by atoms with Crippen molar-refractivity contribution >= 4 is 11.3 Å². The first kappa shape index (κ1) is 29.3. The summed E-state index contributed by atoms with van der Waals surface area (Å²) in [6.07, 6.45) is 27.4. The van der Waals surface area contributed by atoms with Crippen molar-refractivity contribution in [1.82, 2.24) is 0 Å². The minimum atomic E-state index is 0. The summed E-state index contributed by atoms with van der Waals surface area (Å²) in [7, 11) is 0. The molecule has 1 rings (SSSR count). The van der Waals surface area contributed by atoms with Crippen LogP contribution in [-0.2, 0) is 11.3 Å². The van der Waals surface area contributed by atoms with Gasteiger partial charge in [0.2, 0.25) is 5.51 Å². The van der Waals surface area contributed by atoms with Crippen molar-refractivity contribution in [3.8, 4) is 0 Å². The van der Waals surface area contributed by atoms with Gasteiger partial charge < -0.3 is 28.7 Å². The summed E-state index contributed by atoms with van der Waals surface area (Å²) in [6, 6.07) is 0. The van der Waals surface area contributed by atoms with Gasteiger partial charge in [0.25, 0.3) is 0 Å². The maximum Gasteiger partial charge on any atom is 0.224 e. The minimum absolute atomic E-state index is 0. The van der Waals surface area contributed by atoms with Gasteiger partial charge in [-0.2, -0.15) is 4.57 Å². The zero-order valence-corrected chi connectivity index (χ0v) is 22.2. The van der Waals surface area contributed by atoms with Gasteiger partial charge in [0.15, 0.2) is 6.20 Å². The third-order valence-electron chi connectivity index (χ3n) is 5.62. The lowest BCUT2D eigenvalue weighted by Gasteiger charge is -2.04. The summed E-state index contributed by atoms with van der Waals surface area (Å²) in [4.78, 5) is 0. The molecular weight excluding hydrogens is 489 g/mol. The van der Waals surface area contributed by atoms with Gasteiger partial charge in [-0.3, -0.25) is 0 Å². The van der Waals surface area contributed by atoms with E-state index in [-0.39, 0.29) is 24.0 Å². The van der Waals surface area contributed by atoms with E-state index in [1.807, 2.05) is 0 Å². The predicted molar refractivity (Wildman–Crippen MR) is 124 cm³/mol. The highest BCUT2D eigenvalue weighted by molar-refractivity contribution is 7.07. The fourth-order valence-corrected chi connectivity index (χ4v) is 4.37. The summed E-state index contributed by atoms with van der Waals surface area (Å²) in [5, 5.41) is 2.13. The van der Waals surface area contributed by atoms with Crippen LogP contribution in [0.2, 0.25) is 0 Å². The Balaban J connectivity index is 0.00000784. The lowest BCUT2D eigenvalue weighted by atomic mass is 10.0. The standard InChI is InChI=1S/C25H48NOS.HI/c1-2-3-4-5-6-7-8-9-10-11-12-13-14-15-16-18-22-27-23-19-17-20-26-21-24-28-25-26;/h21,24-25H,2-20,22-23H2,1H3;1H/q+1;/p-1. The van der Waals surface area contributed by atoms with E-state index in [4.69, 9.17) is 4.74 Å². The Hall–Kier alpha value is 0.320. The second kappa shape index (κ2) is 24.6. The SMILES string of the molecule is CCCCCCCCCCCCCCCCCCOCCCC[n+]1ccsc1.[I-]. The molecule has 2 nitrogen and oxygen atoms in total. The molecule has 0 aliphatic heterocycles. The number of halogens is 1. The molecule has 0 fully saturated rings. The normalized spacial score (nSPS) is 10.9. The van der Waals surface area contributed by atoms with Crippen molar-refractivity contribution in [3.05, 3.63) is 17.1 Å². The van der Waals surface area contributed by atoms with Crippen molar-refractivity contribution < 1.29 is 33.3 Å². The number of hydrogen-bond acceptors (Lipinski definition) is 2. The largest absolute Gasteiger partial charge is 1.00 e. The first-order valence-electron chi connectivity index (χ1n) is 12.4. The van der Waals surface area contributed by atoms with Gasteiger partial charge >= 0.3 is 0 Å². The quantitative estimate of drug-likeness (QED) is 0.114. The number of thiazole rings is 1. The fraction of sp³-hybridized carbons (Fsp3) is 0.880. The number of aryl methyl sites for hydroxylation is 1. The van der Waals surface area contributed by atoms with E-state index < -0.39 is 0 Å². The molecule has 0 unspecified atom stereocenters. The Labute approximate surface area is 203 Å². The molecule has 0 saturated heterocycles. The summed E-state index contributed by atoms with van der Waals surface area (Å²) >= 11 is 1.76. The zero-order chi connectivity index (χ0) is 20.0. The van der Waals surface area contributed by atoms with Crippen LogP contribution in [0.1, 0.15) is 122 Å². The molecular formula is C25H48INOS. The molecule has 0 aliphatic carbocycles. The molecule has 0 bridgehead atoms. The molecule has 0 N–H and O–H groups in total. The second-order valence-electron chi connectivity index (χ2n) is 8.39. The smallest absolute Gasteiger partial charge is 0.224 e. The monoisotopic (exact) mass is 537 g/mol. The van der Waals surface area contributed by atoms with Gasteiger partial charge in [-0.25, -0.2) is 0 Å². The van der Waals surface area contributed by atoms with Crippen LogP contribution in [0.3, 0.4) is 0 Å². The molecule has 172 valence electrons. The third kappa shape index (κ3) is 21.3. The molecule has 1 aromatic heterocycles. The molecule has 0 atom stereocenters. The molecule has 0 spiro atoms. The molecule has 0 radical (unpaired) electrons. The lowest BCUT2D eigenvalue weighted by molar-refractivity contribution is -0.692. The van der Waals surface area contributed by atoms with E-state index in [2.05, 4.69) is 28.6 Å². The van der Waals surface area contributed by atoms with Crippen molar-refractivity contribution in [2.24, 2.45) is 0 Å². The van der Waals surface area contributed by atoms with E-state index in [9.17, 15) is 0 Å². The number of aromatic nitrogens is 1. The molecule has 0 saturated carbocycles. The van der Waals surface area contributed by atoms with E-state index in [0.29, 0.717) is 0 Å². The molecule has 4 heteroatoms. The van der Waals surface area contributed by atoms with Crippen molar-refractivity contribution in [3.63, 3.8) is 0 Å². The number of hydrogen-bond donors (Lipinski definition) is 0.